The Hall–Kier alpha value is -7.01. The number of hydrogen-bond acceptors (Lipinski definition) is 7. The fourth-order valence-electron chi connectivity index (χ4n) is 6.14. The lowest BCUT2D eigenvalue weighted by Gasteiger charge is -2.29. The number of para-hydroxylation sites is 4. The van der Waals surface area contributed by atoms with Crippen molar-refractivity contribution >= 4 is 41.0 Å². The number of carbonyl (C=O) groups excluding carboxylic acids is 3. The van der Waals surface area contributed by atoms with E-state index < -0.39 is 35.0 Å². The summed E-state index contributed by atoms with van der Waals surface area (Å²) < 4.78 is 0.944. The van der Waals surface area contributed by atoms with Gasteiger partial charge in [-0.15, -0.1) is 0 Å². The second-order valence-corrected chi connectivity index (χ2v) is 11.5. The first-order chi connectivity index (χ1) is 24.3. The van der Waals surface area contributed by atoms with E-state index in [1.165, 1.54) is 12.2 Å². The molecule has 0 bridgehead atoms. The van der Waals surface area contributed by atoms with Gasteiger partial charge in [0.1, 0.15) is 11.1 Å². The largest absolute Gasteiger partial charge is 0.494 e. The number of H-pyrrole nitrogens is 1. The molecule has 0 radical (unpaired) electrons. The normalized spacial score (nSPS) is 16.3. The molecule has 0 saturated carbocycles. The van der Waals surface area contributed by atoms with Crippen LogP contribution in [0.3, 0.4) is 0 Å². The van der Waals surface area contributed by atoms with Crippen LogP contribution in [0.5, 0.6) is 5.88 Å². The molecule has 1 aliphatic heterocycles. The topological polar surface area (TPSA) is 145 Å². The van der Waals surface area contributed by atoms with E-state index in [9.17, 15) is 29.1 Å². The molecule has 3 N–H and O–H groups in total. The number of barbiturate groups is 1. The van der Waals surface area contributed by atoms with Gasteiger partial charge < -0.3 is 10.0 Å². The Balaban J connectivity index is 1.46. The average Bonchev–Trinajstić information content (AvgIpc) is 3.51. The molecule has 0 unspecified atom stereocenters. The van der Waals surface area contributed by atoms with Crippen molar-refractivity contribution in [1.29, 1.82) is 0 Å². The lowest BCUT2D eigenvalue weighted by molar-refractivity contribution is -0.122. The number of rotatable bonds is 7. The summed E-state index contributed by atoms with van der Waals surface area (Å²) in [5, 5.41) is 13.2. The number of benzene rings is 4. The predicted octanol–water partition coefficient (Wildman–Crippen LogP) is 5.71. The van der Waals surface area contributed by atoms with Crippen molar-refractivity contribution in [3.63, 3.8) is 0 Å². The van der Waals surface area contributed by atoms with Gasteiger partial charge >= 0.3 is 11.7 Å². The maximum atomic E-state index is 13.9. The zero-order valence-electron chi connectivity index (χ0n) is 26.4. The van der Waals surface area contributed by atoms with Crippen molar-refractivity contribution in [2.24, 2.45) is 0 Å². The maximum Gasteiger partial charge on any atom is 0.335 e. The van der Waals surface area contributed by atoms with E-state index in [2.05, 4.69) is 10.3 Å². The van der Waals surface area contributed by atoms with E-state index in [4.69, 9.17) is 0 Å². The molecule has 1 aliphatic carbocycles. The van der Waals surface area contributed by atoms with Gasteiger partial charge in [0.25, 0.3) is 17.4 Å². The highest BCUT2D eigenvalue weighted by Gasteiger charge is 2.38. The number of amides is 4. The van der Waals surface area contributed by atoms with Gasteiger partial charge in [0.15, 0.2) is 0 Å². The van der Waals surface area contributed by atoms with Crippen molar-refractivity contribution in [3.05, 3.63) is 176 Å². The molecule has 4 amide bonds. The van der Waals surface area contributed by atoms with E-state index in [1.54, 1.807) is 60.7 Å². The minimum Gasteiger partial charge on any atom is -0.494 e. The highest BCUT2D eigenvalue weighted by Crippen LogP contribution is 2.43. The molecule has 4 aromatic carbocycles. The summed E-state index contributed by atoms with van der Waals surface area (Å²) in [5.41, 5.74) is 1.87. The number of aromatic nitrogens is 2. The zero-order chi connectivity index (χ0) is 34.8. The summed E-state index contributed by atoms with van der Waals surface area (Å²) in [6.07, 6.45) is 3.67. The standard InChI is InChI=1S/C39H29N5O6/c45-34-31(36(47)43(38(49)40-34)29-17-9-3-10-18-29)23-25-21-22-26(33(25)42(27-13-5-1-6-14-27)28-15-7-2-8-16-28)24-32-35(46)41-39(50)44(37(32)48)30-19-11-4-12-20-30/h1-20,23-24,45H,21-22H2,(H,40,49)(H,41,46,50). The van der Waals surface area contributed by atoms with Crippen LogP contribution < -0.4 is 26.4 Å². The number of imide groups is 2. The van der Waals surface area contributed by atoms with Crippen LogP contribution in [0, 0.1) is 0 Å². The van der Waals surface area contributed by atoms with Crippen LogP contribution in [0.1, 0.15) is 18.4 Å². The van der Waals surface area contributed by atoms with Gasteiger partial charge in [0, 0.05) is 11.4 Å². The van der Waals surface area contributed by atoms with Crippen molar-refractivity contribution < 1.29 is 19.5 Å². The average molecular weight is 664 g/mol. The van der Waals surface area contributed by atoms with Gasteiger partial charge in [-0.25, -0.2) is 19.1 Å². The molecule has 1 fully saturated rings. The number of nitrogens with zero attached hydrogens (tertiary/aromatic N) is 3. The van der Waals surface area contributed by atoms with Crippen LogP contribution >= 0.6 is 0 Å². The minimum absolute atomic E-state index is 0.150. The lowest BCUT2D eigenvalue weighted by atomic mass is 10.0. The molecule has 5 aromatic rings. The summed E-state index contributed by atoms with van der Waals surface area (Å²) in [6.45, 7) is 0. The number of nitrogens with one attached hydrogen (secondary N) is 2. The van der Waals surface area contributed by atoms with Crippen molar-refractivity contribution in [1.82, 2.24) is 14.9 Å². The molecule has 1 saturated heterocycles. The third-order valence-electron chi connectivity index (χ3n) is 8.41. The van der Waals surface area contributed by atoms with Gasteiger partial charge in [0.2, 0.25) is 5.88 Å². The van der Waals surface area contributed by atoms with E-state index in [1.807, 2.05) is 65.6 Å². The SMILES string of the molecule is O=C1NC(=O)N(c2ccccc2)C(=O)C1=CC1=C(N(c2ccccc2)c2ccccc2)C(=Cc2c(O)[nH]c(=O)n(-c3ccccc3)c2=O)CC1. The smallest absolute Gasteiger partial charge is 0.335 e. The van der Waals surface area contributed by atoms with E-state index in [0.29, 0.717) is 41.1 Å². The lowest BCUT2D eigenvalue weighted by Crippen LogP contribution is -2.54. The fraction of sp³-hybridized carbons (Fsp3) is 0.0513. The van der Waals surface area contributed by atoms with Gasteiger partial charge in [-0.1, -0.05) is 72.8 Å². The molecular weight excluding hydrogens is 634 g/mol. The molecular formula is C39H29N5O6. The van der Waals surface area contributed by atoms with Crippen LogP contribution in [0.4, 0.5) is 21.9 Å². The van der Waals surface area contributed by atoms with Gasteiger partial charge in [-0.2, -0.15) is 0 Å². The van der Waals surface area contributed by atoms with Crippen LogP contribution in [0.2, 0.25) is 0 Å². The highest BCUT2D eigenvalue weighted by atomic mass is 16.3. The molecule has 7 rings (SSSR count). The predicted molar refractivity (Wildman–Crippen MR) is 189 cm³/mol. The van der Waals surface area contributed by atoms with Crippen molar-refractivity contribution in [3.8, 4) is 11.6 Å². The van der Waals surface area contributed by atoms with Crippen molar-refractivity contribution in [2.75, 3.05) is 9.80 Å². The van der Waals surface area contributed by atoms with Crippen LogP contribution in [0.25, 0.3) is 11.8 Å². The molecule has 2 heterocycles. The second kappa shape index (κ2) is 13.2. The van der Waals surface area contributed by atoms with Gasteiger partial charge in [-0.3, -0.25) is 24.7 Å². The van der Waals surface area contributed by atoms with Crippen molar-refractivity contribution in [2.45, 2.75) is 12.8 Å². The number of urea groups is 1. The van der Waals surface area contributed by atoms with Gasteiger partial charge in [-0.05, 0) is 84.7 Å². The highest BCUT2D eigenvalue weighted by molar-refractivity contribution is 6.37. The number of aromatic amines is 1. The summed E-state index contributed by atoms with van der Waals surface area (Å²) in [4.78, 5) is 71.9. The Kier molecular flexibility index (Phi) is 8.36. The summed E-state index contributed by atoms with van der Waals surface area (Å²) in [5.74, 6) is -2.23. The van der Waals surface area contributed by atoms with E-state index in [0.717, 1.165) is 20.8 Å². The fourth-order valence-corrected chi connectivity index (χ4v) is 6.14. The number of carbonyl (C=O) groups is 3. The zero-order valence-corrected chi connectivity index (χ0v) is 26.4. The first-order valence-electron chi connectivity index (χ1n) is 15.8. The Bertz CT molecular complexity index is 2310. The number of aromatic hydroxyl groups is 1. The van der Waals surface area contributed by atoms with E-state index in [-0.39, 0.29) is 11.1 Å². The quantitative estimate of drug-likeness (QED) is 0.149. The molecule has 1 aromatic heterocycles. The Labute approximate surface area is 285 Å². The number of hydrogen-bond donors (Lipinski definition) is 3. The van der Waals surface area contributed by atoms with Gasteiger partial charge in [0.05, 0.1) is 17.1 Å². The Morgan fingerprint density at radius 1 is 0.660 bits per heavy atom. The maximum absolute atomic E-state index is 13.9. The molecule has 11 nitrogen and oxygen atoms in total. The molecule has 50 heavy (non-hydrogen) atoms. The van der Waals surface area contributed by atoms with Crippen LogP contribution in [-0.2, 0) is 9.59 Å². The van der Waals surface area contributed by atoms with Crippen LogP contribution in [-0.4, -0.2) is 32.5 Å². The monoisotopic (exact) mass is 663 g/mol. The minimum atomic E-state index is -0.858. The second-order valence-electron chi connectivity index (χ2n) is 11.5. The molecule has 11 heteroatoms. The first-order valence-corrected chi connectivity index (χ1v) is 15.8. The summed E-state index contributed by atoms with van der Waals surface area (Å²) in [7, 11) is 0. The Morgan fingerprint density at radius 3 is 1.78 bits per heavy atom. The summed E-state index contributed by atoms with van der Waals surface area (Å²) >= 11 is 0. The third kappa shape index (κ3) is 5.84. The molecule has 0 spiro atoms. The van der Waals surface area contributed by atoms with E-state index >= 15 is 0 Å². The van der Waals surface area contributed by atoms with Crippen LogP contribution in [0.15, 0.2) is 159 Å². The molecule has 246 valence electrons. The summed E-state index contributed by atoms with van der Waals surface area (Å²) in [6, 6.07) is 34.6. The number of allylic oxidation sites excluding steroid dienone is 3. The first kappa shape index (κ1) is 31.6. The third-order valence-corrected chi connectivity index (χ3v) is 8.41. The molecule has 2 aliphatic rings. The molecule has 0 atom stereocenters. The number of anilines is 3. The Morgan fingerprint density at radius 2 is 1.20 bits per heavy atom.